The van der Waals surface area contributed by atoms with Gasteiger partial charge in [-0.25, -0.2) is 4.79 Å². The Balaban J connectivity index is 1.60. The van der Waals surface area contributed by atoms with Gasteiger partial charge in [-0.15, -0.1) is 0 Å². The van der Waals surface area contributed by atoms with Gasteiger partial charge in [0.15, 0.2) is 0 Å². The number of hydrogen-bond donors (Lipinski definition) is 1. The fourth-order valence-electron chi connectivity index (χ4n) is 3.98. The van der Waals surface area contributed by atoms with Crippen molar-refractivity contribution in [3.63, 3.8) is 0 Å². The van der Waals surface area contributed by atoms with Crippen LogP contribution < -0.4 is 5.32 Å². The van der Waals surface area contributed by atoms with E-state index < -0.39 is 0 Å². The second-order valence-electron chi connectivity index (χ2n) is 7.36. The fraction of sp³-hybridized carbons (Fsp3) is 0.944. The molecule has 2 aliphatic carbocycles. The quantitative estimate of drug-likeness (QED) is 0.783. The van der Waals surface area contributed by atoms with Crippen molar-refractivity contribution in [2.75, 3.05) is 6.61 Å². The number of rotatable bonds is 5. The van der Waals surface area contributed by atoms with Crippen molar-refractivity contribution in [2.24, 2.45) is 17.8 Å². The molecule has 0 aromatic heterocycles. The normalized spacial score (nSPS) is 33.4. The van der Waals surface area contributed by atoms with Crippen LogP contribution in [-0.2, 0) is 4.74 Å². The highest BCUT2D eigenvalue weighted by Crippen LogP contribution is 2.36. The molecule has 0 saturated heterocycles. The first-order valence-corrected chi connectivity index (χ1v) is 9.10. The molecule has 0 aromatic carbocycles. The summed E-state index contributed by atoms with van der Waals surface area (Å²) in [5.41, 5.74) is 0. The third-order valence-corrected chi connectivity index (χ3v) is 5.41. The van der Waals surface area contributed by atoms with E-state index in [1.54, 1.807) is 0 Å². The number of carbonyl (C=O) groups is 1. The monoisotopic (exact) mass is 295 g/mol. The number of alkyl carbamates (subject to hydrolysis) is 1. The number of amides is 1. The molecule has 0 atom stereocenters. The standard InChI is InChI=1S/C18H33NO2/c1-3-12-21-18(20)19-17-10-8-16(9-11-17)13-15-6-4-14(2)5-7-15/h14-17H,3-13H2,1-2H3,(H,19,20). The Labute approximate surface area is 130 Å². The molecule has 3 nitrogen and oxygen atoms in total. The van der Waals surface area contributed by atoms with E-state index in [-0.39, 0.29) is 6.09 Å². The van der Waals surface area contributed by atoms with Crippen LogP contribution >= 0.6 is 0 Å². The third-order valence-electron chi connectivity index (χ3n) is 5.41. The van der Waals surface area contributed by atoms with Crippen LogP contribution in [0.1, 0.15) is 78.1 Å². The Hall–Kier alpha value is -0.730. The maximum atomic E-state index is 11.6. The van der Waals surface area contributed by atoms with Gasteiger partial charge in [-0.05, 0) is 56.3 Å². The maximum absolute atomic E-state index is 11.6. The van der Waals surface area contributed by atoms with Crippen LogP contribution in [0.2, 0.25) is 0 Å². The minimum atomic E-state index is -0.221. The molecule has 0 aromatic rings. The summed E-state index contributed by atoms with van der Waals surface area (Å²) in [6, 6.07) is 0.344. The smallest absolute Gasteiger partial charge is 0.407 e. The van der Waals surface area contributed by atoms with Gasteiger partial charge in [0.05, 0.1) is 6.61 Å². The van der Waals surface area contributed by atoms with Crippen molar-refractivity contribution in [2.45, 2.75) is 84.1 Å². The maximum Gasteiger partial charge on any atom is 0.407 e. The van der Waals surface area contributed by atoms with Gasteiger partial charge in [-0.3, -0.25) is 0 Å². The average Bonchev–Trinajstić information content (AvgIpc) is 2.49. The Bertz CT molecular complexity index is 302. The minimum Gasteiger partial charge on any atom is -0.450 e. The van der Waals surface area contributed by atoms with Crippen LogP contribution in [0.15, 0.2) is 0 Å². The van der Waals surface area contributed by atoms with E-state index in [1.165, 1.54) is 44.9 Å². The SMILES string of the molecule is CCCOC(=O)NC1CCC(CC2CCC(C)CC2)CC1. The number of ether oxygens (including phenoxy) is 1. The number of carbonyl (C=O) groups excluding carboxylic acids is 1. The molecule has 1 N–H and O–H groups in total. The zero-order valence-electron chi connectivity index (χ0n) is 13.9. The largest absolute Gasteiger partial charge is 0.450 e. The predicted octanol–water partition coefficient (Wildman–Crippen LogP) is 4.90. The van der Waals surface area contributed by atoms with Gasteiger partial charge in [-0.1, -0.05) is 39.5 Å². The summed E-state index contributed by atoms with van der Waals surface area (Å²) in [5, 5.41) is 3.02. The zero-order chi connectivity index (χ0) is 15.1. The Morgan fingerprint density at radius 2 is 1.57 bits per heavy atom. The van der Waals surface area contributed by atoms with Gasteiger partial charge in [0, 0.05) is 6.04 Å². The molecule has 0 bridgehead atoms. The summed E-state index contributed by atoms with van der Waals surface area (Å²) in [4.78, 5) is 11.6. The summed E-state index contributed by atoms with van der Waals surface area (Å²) in [5.74, 6) is 2.83. The van der Waals surface area contributed by atoms with Crippen LogP contribution in [0, 0.1) is 17.8 Å². The van der Waals surface area contributed by atoms with Crippen LogP contribution in [-0.4, -0.2) is 18.7 Å². The summed E-state index contributed by atoms with van der Waals surface area (Å²) in [6.45, 7) is 4.94. The van der Waals surface area contributed by atoms with Crippen molar-refractivity contribution < 1.29 is 9.53 Å². The summed E-state index contributed by atoms with van der Waals surface area (Å²) >= 11 is 0. The Morgan fingerprint density at radius 3 is 2.14 bits per heavy atom. The number of nitrogens with one attached hydrogen (secondary N) is 1. The first-order chi connectivity index (χ1) is 10.2. The highest BCUT2D eigenvalue weighted by molar-refractivity contribution is 5.67. The molecule has 2 fully saturated rings. The molecular weight excluding hydrogens is 262 g/mol. The van der Waals surface area contributed by atoms with E-state index >= 15 is 0 Å². The molecule has 0 aliphatic heterocycles. The highest BCUT2D eigenvalue weighted by Gasteiger charge is 2.26. The Morgan fingerprint density at radius 1 is 1.00 bits per heavy atom. The van der Waals surface area contributed by atoms with Crippen LogP contribution in [0.5, 0.6) is 0 Å². The van der Waals surface area contributed by atoms with Crippen molar-refractivity contribution >= 4 is 6.09 Å². The van der Waals surface area contributed by atoms with Crippen molar-refractivity contribution in [1.29, 1.82) is 0 Å². The second-order valence-corrected chi connectivity index (χ2v) is 7.36. The molecule has 0 radical (unpaired) electrons. The predicted molar refractivity (Wildman–Crippen MR) is 86.3 cm³/mol. The molecule has 2 aliphatic rings. The lowest BCUT2D eigenvalue weighted by molar-refractivity contribution is 0.135. The molecule has 3 heteroatoms. The molecule has 0 spiro atoms. The average molecular weight is 295 g/mol. The highest BCUT2D eigenvalue weighted by atomic mass is 16.5. The van der Waals surface area contributed by atoms with Gasteiger partial charge in [-0.2, -0.15) is 0 Å². The Kier molecular flexibility index (Phi) is 6.85. The van der Waals surface area contributed by atoms with E-state index in [2.05, 4.69) is 12.2 Å². The lowest BCUT2D eigenvalue weighted by Gasteiger charge is -2.33. The molecule has 21 heavy (non-hydrogen) atoms. The molecule has 122 valence electrons. The van der Waals surface area contributed by atoms with Crippen LogP contribution in [0.3, 0.4) is 0 Å². The van der Waals surface area contributed by atoms with Gasteiger partial charge in [0.25, 0.3) is 0 Å². The van der Waals surface area contributed by atoms with E-state index in [0.29, 0.717) is 12.6 Å². The molecule has 2 saturated carbocycles. The van der Waals surface area contributed by atoms with Crippen molar-refractivity contribution in [1.82, 2.24) is 5.32 Å². The first-order valence-electron chi connectivity index (χ1n) is 9.10. The third kappa shape index (κ3) is 5.88. The van der Waals surface area contributed by atoms with Crippen molar-refractivity contribution in [3.05, 3.63) is 0 Å². The summed E-state index contributed by atoms with van der Waals surface area (Å²) < 4.78 is 5.10. The van der Waals surface area contributed by atoms with Gasteiger partial charge in [0.2, 0.25) is 0 Å². The summed E-state index contributed by atoms with van der Waals surface area (Å²) in [6.07, 6.45) is 12.7. The molecule has 1 amide bonds. The molecule has 2 rings (SSSR count). The fourth-order valence-corrected chi connectivity index (χ4v) is 3.98. The van der Waals surface area contributed by atoms with Gasteiger partial charge < -0.3 is 10.1 Å². The van der Waals surface area contributed by atoms with Crippen LogP contribution in [0.4, 0.5) is 4.79 Å². The lowest BCUT2D eigenvalue weighted by Crippen LogP contribution is -2.38. The lowest BCUT2D eigenvalue weighted by atomic mass is 9.75. The van der Waals surface area contributed by atoms with E-state index in [4.69, 9.17) is 4.74 Å². The molecular formula is C18H33NO2. The zero-order valence-corrected chi connectivity index (χ0v) is 13.9. The van der Waals surface area contributed by atoms with Gasteiger partial charge >= 0.3 is 6.09 Å². The van der Waals surface area contributed by atoms with Crippen LogP contribution in [0.25, 0.3) is 0 Å². The molecule has 0 unspecified atom stereocenters. The number of hydrogen-bond acceptors (Lipinski definition) is 2. The summed E-state index contributed by atoms with van der Waals surface area (Å²) in [7, 11) is 0. The van der Waals surface area contributed by atoms with Crippen molar-refractivity contribution in [3.8, 4) is 0 Å². The van der Waals surface area contributed by atoms with E-state index in [0.717, 1.165) is 37.0 Å². The van der Waals surface area contributed by atoms with E-state index in [1.807, 2.05) is 6.92 Å². The molecule has 0 heterocycles. The van der Waals surface area contributed by atoms with E-state index in [9.17, 15) is 4.79 Å². The van der Waals surface area contributed by atoms with Gasteiger partial charge in [0.1, 0.15) is 0 Å². The first kappa shape index (κ1) is 16.6. The second kappa shape index (κ2) is 8.65. The topological polar surface area (TPSA) is 38.3 Å². The minimum absolute atomic E-state index is 0.221.